The van der Waals surface area contributed by atoms with E-state index in [4.69, 9.17) is 0 Å². The number of hydrogen-bond acceptors (Lipinski definition) is 4. The van der Waals surface area contributed by atoms with Crippen LogP contribution in [0.3, 0.4) is 0 Å². The van der Waals surface area contributed by atoms with Gasteiger partial charge in [-0.1, -0.05) is 14.5 Å². The number of allylic oxidation sites excluding steroid dienone is 1. The maximum Gasteiger partial charge on any atom is 0.289 e. The first kappa shape index (κ1) is 12.3. The summed E-state index contributed by atoms with van der Waals surface area (Å²) in [5, 5.41) is -1.19. The highest BCUT2D eigenvalue weighted by atomic mass is 19.4. The Kier molecular flexibility index (Phi) is 3.17. The van der Waals surface area contributed by atoms with Crippen LogP contribution in [0, 0.1) is 6.08 Å². The van der Waals surface area contributed by atoms with Crippen molar-refractivity contribution in [1.82, 2.24) is 19.9 Å². The number of hydrogen-bond donors (Lipinski definition) is 1. The van der Waals surface area contributed by atoms with Crippen molar-refractivity contribution in [3.8, 4) is 0 Å². The lowest BCUT2D eigenvalue weighted by atomic mass is 10.2. The van der Waals surface area contributed by atoms with Gasteiger partial charge in [-0.3, -0.25) is 0 Å². The Morgan fingerprint density at radius 2 is 2.06 bits per heavy atom. The maximum atomic E-state index is 12.9. The van der Waals surface area contributed by atoms with Crippen LogP contribution >= 0.6 is 0 Å². The molecule has 0 amide bonds. The molecule has 0 spiro atoms. The van der Waals surface area contributed by atoms with E-state index in [9.17, 15) is 13.4 Å². The van der Waals surface area contributed by atoms with E-state index in [-0.39, 0.29) is 17.0 Å². The van der Waals surface area contributed by atoms with Gasteiger partial charge < -0.3 is 4.98 Å². The quantitative estimate of drug-likeness (QED) is 0.519. The summed E-state index contributed by atoms with van der Waals surface area (Å²) in [7, 11) is 0. The average molecular weight is 257 g/mol. The molecule has 8 heteroatoms. The third-order valence-electron chi connectivity index (χ3n) is 2.28. The van der Waals surface area contributed by atoms with Crippen LogP contribution in [-0.2, 0) is 6.42 Å². The SMILES string of the molecule is C=C(C)CCc1nc(N(F)F)c2[nH]c(F)nc2n1. The van der Waals surface area contributed by atoms with E-state index in [0.717, 1.165) is 5.57 Å². The molecule has 0 aliphatic carbocycles. The van der Waals surface area contributed by atoms with Crippen LogP contribution in [0.15, 0.2) is 12.2 Å². The average Bonchev–Trinajstić information content (AvgIpc) is 2.64. The fraction of sp³-hybridized carbons (Fsp3) is 0.300. The zero-order valence-corrected chi connectivity index (χ0v) is 9.54. The van der Waals surface area contributed by atoms with Crippen LogP contribution in [0.4, 0.5) is 19.2 Å². The summed E-state index contributed by atoms with van der Waals surface area (Å²) in [4.78, 5) is 13.0. The van der Waals surface area contributed by atoms with Crippen molar-refractivity contribution in [2.75, 3.05) is 5.34 Å². The number of nitrogens with zero attached hydrogens (tertiary/aromatic N) is 4. The van der Waals surface area contributed by atoms with E-state index >= 15 is 0 Å². The van der Waals surface area contributed by atoms with Gasteiger partial charge in [0.15, 0.2) is 5.65 Å². The summed E-state index contributed by atoms with van der Waals surface area (Å²) in [5.41, 5.74) is 0.539. The van der Waals surface area contributed by atoms with Gasteiger partial charge in [0.05, 0.1) is 0 Å². The second-order valence-electron chi connectivity index (χ2n) is 3.88. The molecule has 2 aromatic rings. The minimum Gasteiger partial charge on any atom is -0.309 e. The zero-order valence-electron chi connectivity index (χ0n) is 9.54. The molecule has 0 saturated carbocycles. The van der Waals surface area contributed by atoms with E-state index in [2.05, 4.69) is 26.5 Å². The summed E-state index contributed by atoms with van der Waals surface area (Å²) in [6.07, 6.45) is -0.0590. The topological polar surface area (TPSA) is 57.7 Å². The van der Waals surface area contributed by atoms with Crippen LogP contribution < -0.4 is 5.34 Å². The molecule has 0 fully saturated rings. The van der Waals surface area contributed by atoms with Gasteiger partial charge in [-0.15, -0.1) is 6.58 Å². The normalized spacial score (nSPS) is 10.9. The summed E-state index contributed by atoms with van der Waals surface area (Å²) in [5.74, 6) is -0.514. The third-order valence-corrected chi connectivity index (χ3v) is 2.28. The molecule has 0 aliphatic rings. The minimum atomic E-state index is -1.19. The van der Waals surface area contributed by atoms with Gasteiger partial charge in [0.25, 0.3) is 6.08 Å². The minimum absolute atomic E-state index is 0.116. The zero-order chi connectivity index (χ0) is 13.3. The Morgan fingerprint density at radius 3 is 2.67 bits per heavy atom. The number of anilines is 1. The number of rotatable bonds is 4. The summed E-state index contributed by atoms with van der Waals surface area (Å²) in [6.45, 7) is 5.51. The Balaban J connectivity index is 2.46. The molecule has 0 aromatic carbocycles. The van der Waals surface area contributed by atoms with Crippen molar-refractivity contribution in [2.24, 2.45) is 0 Å². The van der Waals surface area contributed by atoms with Crippen LogP contribution in [0.2, 0.25) is 0 Å². The first-order valence-corrected chi connectivity index (χ1v) is 5.15. The number of fused-ring (bicyclic) bond motifs is 1. The number of aromatic amines is 1. The Hall–Kier alpha value is -2.12. The molecule has 0 atom stereocenters. The van der Waals surface area contributed by atoms with Gasteiger partial charge in [-0.05, 0) is 18.7 Å². The van der Waals surface area contributed by atoms with Crippen LogP contribution in [0.25, 0.3) is 11.2 Å². The number of halogens is 3. The third kappa shape index (κ3) is 2.41. The van der Waals surface area contributed by atoms with Crippen molar-refractivity contribution in [1.29, 1.82) is 0 Å². The molecule has 2 rings (SSSR count). The number of aryl methyl sites for hydroxylation is 1. The van der Waals surface area contributed by atoms with Gasteiger partial charge in [0.2, 0.25) is 5.82 Å². The van der Waals surface area contributed by atoms with Crippen LogP contribution in [0.5, 0.6) is 0 Å². The van der Waals surface area contributed by atoms with Gasteiger partial charge in [-0.25, -0.2) is 9.97 Å². The van der Waals surface area contributed by atoms with E-state index < -0.39 is 17.2 Å². The van der Waals surface area contributed by atoms with Gasteiger partial charge in [0, 0.05) is 6.42 Å². The second kappa shape index (κ2) is 4.63. The molecule has 96 valence electrons. The number of H-pyrrole nitrogens is 1. The van der Waals surface area contributed by atoms with E-state index in [1.54, 1.807) is 0 Å². The van der Waals surface area contributed by atoms with Gasteiger partial charge in [0.1, 0.15) is 11.3 Å². The number of nitrogens with one attached hydrogen (secondary N) is 1. The Labute approximate surface area is 100 Å². The second-order valence-corrected chi connectivity index (χ2v) is 3.88. The Bertz CT molecular complexity index is 592. The van der Waals surface area contributed by atoms with Crippen LogP contribution in [-0.4, -0.2) is 19.9 Å². The molecule has 2 heterocycles. The fourth-order valence-corrected chi connectivity index (χ4v) is 1.46. The van der Waals surface area contributed by atoms with Crippen molar-refractivity contribution >= 4 is 17.0 Å². The fourth-order valence-electron chi connectivity index (χ4n) is 1.46. The number of imidazole rings is 1. The lowest BCUT2D eigenvalue weighted by Crippen LogP contribution is -2.05. The largest absolute Gasteiger partial charge is 0.309 e. The summed E-state index contributed by atoms with van der Waals surface area (Å²) in [6, 6.07) is 0. The molecular weight excluding hydrogens is 247 g/mol. The molecule has 0 bridgehead atoms. The molecule has 0 radical (unpaired) electrons. The van der Waals surface area contributed by atoms with Crippen molar-refractivity contribution < 1.29 is 13.4 Å². The molecule has 18 heavy (non-hydrogen) atoms. The van der Waals surface area contributed by atoms with Crippen LogP contribution in [0.1, 0.15) is 19.2 Å². The highest BCUT2D eigenvalue weighted by Gasteiger charge is 2.18. The molecule has 5 nitrogen and oxygen atoms in total. The lowest BCUT2D eigenvalue weighted by molar-refractivity contribution is 0.232. The highest BCUT2D eigenvalue weighted by molar-refractivity contribution is 5.82. The molecule has 0 aliphatic heterocycles. The molecule has 0 saturated heterocycles. The maximum absolute atomic E-state index is 12.9. The lowest BCUT2D eigenvalue weighted by Gasteiger charge is -2.05. The first-order valence-electron chi connectivity index (χ1n) is 5.15. The summed E-state index contributed by atoms with van der Waals surface area (Å²) >= 11 is 0. The number of aromatic nitrogens is 4. The van der Waals surface area contributed by atoms with E-state index in [1.165, 1.54) is 0 Å². The van der Waals surface area contributed by atoms with Gasteiger partial charge in [-0.2, -0.15) is 9.37 Å². The van der Waals surface area contributed by atoms with E-state index in [1.807, 2.05) is 6.92 Å². The highest BCUT2D eigenvalue weighted by Crippen LogP contribution is 2.23. The monoisotopic (exact) mass is 257 g/mol. The molecular formula is C10H10F3N5. The Morgan fingerprint density at radius 1 is 1.33 bits per heavy atom. The molecule has 0 unspecified atom stereocenters. The van der Waals surface area contributed by atoms with Crippen molar-refractivity contribution in [3.05, 3.63) is 24.1 Å². The molecule has 2 aromatic heterocycles. The predicted molar refractivity (Wildman–Crippen MR) is 59.5 cm³/mol. The summed E-state index contributed by atoms with van der Waals surface area (Å²) < 4.78 is 38.2. The predicted octanol–water partition coefficient (Wildman–Crippen LogP) is 2.58. The smallest absolute Gasteiger partial charge is 0.289 e. The standard InChI is InChI=1S/C10H10F3N5/c1-5(2)3-4-6-14-8-7(16-10(11)17-8)9(15-6)18(12)13/h1,3-4H2,2H3,(H,14,15,16,17). The van der Waals surface area contributed by atoms with Crippen molar-refractivity contribution in [2.45, 2.75) is 19.8 Å². The van der Waals surface area contributed by atoms with E-state index in [0.29, 0.717) is 12.8 Å². The van der Waals surface area contributed by atoms with Gasteiger partial charge >= 0.3 is 0 Å². The first-order chi connectivity index (χ1) is 8.47. The van der Waals surface area contributed by atoms with Crippen molar-refractivity contribution in [3.63, 3.8) is 0 Å². The molecule has 1 N–H and O–H groups in total.